The van der Waals surface area contributed by atoms with Crippen LogP contribution in [0.2, 0.25) is 0 Å². The molecule has 334 valence electrons. The largest absolute Gasteiger partial charge is 0.508 e. The number of hydrogen-bond donors (Lipinski definition) is 3. The molecule has 3 aromatic carbocycles. The molecule has 0 radical (unpaired) electrons. The lowest BCUT2D eigenvalue weighted by molar-refractivity contribution is -0.142. The summed E-state index contributed by atoms with van der Waals surface area (Å²) in [6.07, 6.45) is 2.15. The molecule has 0 amide bonds. The lowest BCUT2D eigenvalue weighted by Crippen LogP contribution is -2.32. The van der Waals surface area contributed by atoms with Crippen molar-refractivity contribution >= 4 is 45.6 Å². The van der Waals surface area contributed by atoms with Crippen molar-refractivity contribution in [1.82, 2.24) is 0 Å². The van der Waals surface area contributed by atoms with Crippen molar-refractivity contribution in [3.05, 3.63) is 125 Å². The molecule has 1 aliphatic carbocycles. The highest BCUT2D eigenvalue weighted by molar-refractivity contribution is 9.10. The van der Waals surface area contributed by atoms with Crippen LogP contribution in [-0.4, -0.2) is 59.2 Å². The number of rotatable bonds is 11. The van der Waals surface area contributed by atoms with E-state index in [-0.39, 0.29) is 55.3 Å². The SMILES string of the molecule is C=C/C=C(\C)OC.CC.COC1=CC(O)=CC(=O)C1C(=O)Oc1c(C)c(C)c(C(=O)Oc2cc(C(F)F)c(C(=O)Oc3c(C)c(C)c(C(=O)O)c(C)c3C)c(C)c2C)c(O)c1Br. The number of phenols is 1. The molecule has 16 heteroatoms. The second-order valence-corrected chi connectivity index (χ2v) is 14.4. The van der Waals surface area contributed by atoms with Gasteiger partial charge in [-0.2, -0.15) is 0 Å². The lowest BCUT2D eigenvalue weighted by Gasteiger charge is -2.22. The number of methoxy groups -OCH3 is 2. The Morgan fingerprint density at radius 2 is 1.26 bits per heavy atom. The lowest BCUT2D eigenvalue weighted by atomic mass is 9.92. The first-order chi connectivity index (χ1) is 29.0. The van der Waals surface area contributed by atoms with Crippen LogP contribution in [0.25, 0.3) is 0 Å². The van der Waals surface area contributed by atoms with Gasteiger partial charge in [0.2, 0.25) is 0 Å². The Morgan fingerprint density at radius 1 is 0.758 bits per heavy atom. The summed E-state index contributed by atoms with van der Waals surface area (Å²) >= 11 is 3.12. The zero-order valence-corrected chi connectivity index (χ0v) is 38.4. The van der Waals surface area contributed by atoms with Crippen molar-refractivity contribution in [2.24, 2.45) is 5.92 Å². The predicted molar refractivity (Wildman–Crippen MR) is 231 cm³/mol. The summed E-state index contributed by atoms with van der Waals surface area (Å²) in [6, 6.07) is 0.823. The van der Waals surface area contributed by atoms with Gasteiger partial charge in [-0.1, -0.05) is 26.5 Å². The van der Waals surface area contributed by atoms with Crippen LogP contribution in [0.5, 0.6) is 23.0 Å². The molecule has 0 bridgehead atoms. The van der Waals surface area contributed by atoms with Gasteiger partial charge in [-0.3, -0.25) is 9.59 Å². The molecule has 3 aromatic rings. The van der Waals surface area contributed by atoms with E-state index in [1.807, 2.05) is 20.8 Å². The summed E-state index contributed by atoms with van der Waals surface area (Å²) in [5.74, 6) is -8.00. The average Bonchev–Trinajstić information content (AvgIpc) is 3.21. The third-order valence-electron chi connectivity index (χ3n) is 10.1. The fourth-order valence-corrected chi connectivity index (χ4v) is 6.81. The van der Waals surface area contributed by atoms with E-state index in [1.54, 1.807) is 47.0 Å². The standard InChI is InChI=1S/C38H35BrF2O12.C6H10O.C2H6/c1-13-14(2)27(36(47)52-32-18(6)15(3)26(35(45)46)16(4)19(32)7)22(34(40)41)12-24(13)51-37(48)28-17(5)20(8)33(30(39)31(28)44)53-38(49)29-23(43)10-21(42)11-25(29)50-9;1-4-5-6(2)7-3;1-2/h10-12,29,34,42,44H,1-9H3,(H,45,46);4-5H,1H2,2-3H3;1-2H3/b;6-5+;. The molecular weight excluding hydrogens is 878 g/mol. The third kappa shape index (κ3) is 11.0. The molecule has 4 rings (SSSR count). The summed E-state index contributed by atoms with van der Waals surface area (Å²) in [5.41, 5.74) is 0.0630. The molecule has 0 aliphatic heterocycles. The van der Waals surface area contributed by atoms with Gasteiger partial charge in [-0.25, -0.2) is 23.2 Å². The quantitative estimate of drug-likeness (QED) is 0.0541. The maximum absolute atomic E-state index is 14.6. The minimum atomic E-state index is -3.24. The normalized spacial score (nSPS) is 13.3. The molecule has 0 heterocycles. The first-order valence-corrected chi connectivity index (χ1v) is 19.7. The van der Waals surface area contributed by atoms with Crippen molar-refractivity contribution in [1.29, 1.82) is 0 Å². The molecule has 0 fully saturated rings. The van der Waals surface area contributed by atoms with Gasteiger partial charge in [0.15, 0.2) is 17.5 Å². The van der Waals surface area contributed by atoms with E-state index in [4.69, 9.17) is 23.7 Å². The summed E-state index contributed by atoms with van der Waals surface area (Å²) in [7, 11) is 2.82. The van der Waals surface area contributed by atoms with Crippen LogP contribution in [0.1, 0.15) is 108 Å². The number of aromatic hydroxyl groups is 1. The number of ether oxygens (including phenoxy) is 5. The number of esters is 3. The Hall–Kier alpha value is -6.29. The van der Waals surface area contributed by atoms with Crippen LogP contribution in [0.4, 0.5) is 8.78 Å². The first kappa shape index (κ1) is 51.8. The van der Waals surface area contributed by atoms with Gasteiger partial charge in [-0.05, 0) is 135 Å². The Kier molecular flexibility index (Phi) is 18.4. The number of hydrogen-bond acceptors (Lipinski definition) is 12. The minimum absolute atomic E-state index is 0.00646. The number of carboxylic acids is 1. The second kappa shape index (κ2) is 22.0. The fourth-order valence-electron chi connectivity index (χ4n) is 6.24. The number of aliphatic hydroxyl groups excluding tert-OH is 1. The topological polar surface area (TPSA) is 192 Å². The Balaban J connectivity index is 0.00000133. The third-order valence-corrected chi connectivity index (χ3v) is 10.8. The Bertz CT molecular complexity index is 2350. The van der Waals surface area contributed by atoms with Gasteiger partial charge < -0.3 is 39.0 Å². The highest BCUT2D eigenvalue weighted by Crippen LogP contribution is 2.44. The molecule has 13 nitrogen and oxygen atoms in total. The zero-order valence-electron chi connectivity index (χ0n) is 36.8. The molecule has 0 aromatic heterocycles. The van der Waals surface area contributed by atoms with Gasteiger partial charge in [0.05, 0.1) is 31.1 Å². The summed E-state index contributed by atoms with van der Waals surface area (Å²) in [4.78, 5) is 64.6. The Morgan fingerprint density at radius 3 is 1.73 bits per heavy atom. The van der Waals surface area contributed by atoms with E-state index in [0.29, 0.717) is 22.3 Å². The number of carbonyl (C=O) groups is 5. The first-order valence-electron chi connectivity index (χ1n) is 18.9. The van der Waals surface area contributed by atoms with Crippen molar-refractivity contribution < 1.29 is 71.8 Å². The van der Waals surface area contributed by atoms with Crippen LogP contribution in [-0.2, 0) is 19.1 Å². The van der Waals surface area contributed by atoms with Crippen molar-refractivity contribution in [2.75, 3.05) is 14.2 Å². The number of carbonyl (C=O) groups excluding carboxylic acids is 4. The number of phenolic OH excluding ortho intramolecular Hbond substituents is 1. The van der Waals surface area contributed by atoms with Crippen LogP contribution >= 0.6 is 15.9 Å². The minimum Gasteiger partial charge on any atom is -0.508 e. The number of halogens is 3. The van der Waals surface area contributed by atoms with Crippen molar-refractivity contribution in [3.8, 4) is 23.0 Å². The zero-order chi connectivity index (χ0) is 47.7. The molecule has 1 atom stereocenters. The number of benzene rings is 3. The number of allylic oxidation sites excluding steroid dienone is 5. The van der Waals surface area contributed by atoms with Gasteiger partial charge in [0.1, 0.15) is 38.8 Å². The van der Waals surface area contributed by atoms with E-state index in [9.17, 15) is 48.1 Å². The van der Waals surface area contributed by atoms with Crippen LogP contribution in [0.15, 0.2) is 58.7 Å². The molecule has 0 saturated heterocycles. The number of ketones is 1. The van der Waals surface area contributed by atoms with Crippen LogP contribution in [0, 0.1) is 61.3 Å². The van der Waals surface area contributed by atoms with Crippen LogP contribution in [0.3, 0.4) is 0 Å². The number of aromatic carboxylic acids is 1. The predicted octanol–water partition coefficient (Wildman–Crippen LogP) is 10.5. The summed E-state index contributed by atoms with van der Waals surface area (Å²) in [5, 5.41) is 30.5. The molecule has 3 N–H and O–H groups in total. The second-order valence-electron chi connectivity index (χ2n) is 13.6. The maximum atomic E-state index is 14.6. The summed E-state index contributed by atoms with van der Waals surface area (Å²) in [6.45, 7) is 21.2. The molecular formula is C46H51BrF2O13. The Labute approximate surface area is 367 Å². The molecule has 1 aliphatic rings. The van der Waals surface area contributed by atoms with E-state index in [2.05, 4.69) is 22.5 Å². The van der Waals surface area contributed by atoms with Gasteiger partial charge in [0, 0.05) is 17.7 Å². The molecule has 0 saturated carbocycles. The fraction of sp³-hybridized carbons (Fsp3) is 0.326. The number of carboxylic acid groups (broad SMARTS) is 1. The smallest absolute Gasteiger partial charge is 0.347 e. The molecule has 1 unspecified atom stereocenters. The highest BCUT2D eigenvalue weighted by Gasteiger charge is 2.37. The van der Waals surface area contributed by atoms with Crippen molar-refractivity contribution in [3.63, 3.8) is 0 Å². The number of alkyl halides is 2. The highest BCUT2D eigenvalue weighted by atomic mass is 79.9. The van der Waals surface area contributed by atoms with Crippen LogP contribution < -0.4 is 14.2 Å². The van der Waals surface area contributed by atoms with E-state index in [1.165, 1.54) is 34.8 Å². The molecule has 0 spiro atoms. The monoisotopic (exact) mass is 928 g/mol. The molecule has 62 heavy (non-hydrogen) atoms. The average molecular weight is 930 g/mol. The van der Waals surface area contributed by atoms with E-state index >= 15 is 0 Å². The van der Waals surface area contributed by atoms with Crippen molar-refractivity contribution in [2.45, 2.75) is 82.6 Å². The van der Waals surface area contributed by atoms with Gasteiger partial charge in [-0.15, -0.1) is 0 Å². The van der Waals surface area contributed by atoms with Gasteiger partial charge >= 0.3 is 23.9 Å². The number of aliphatic hydroxyl groups is 1. The van der Waals surface area contributed by atoms with E-state index < -0.39 is 70.2 Å². The summed E-state index contributed by atoms with van der Waals surface area (Å²) < 4.78 is 55.3. The van der Waals surface area contributed by atoms with E-state index in [0.717, 1.165) is 24.0 Å². The maximum Gasteiger partial charge on any atom is 0.347 e. The van der Waals surface area contributed by atoms with Gasteiger partial charge in [0.25, 0.3) is 6.43 Å².